The van der Waals surface area contributed by atoms with Gasteiger partial charge in [0.1, 0.15) is 17.5 Å². The lowest BCUT2D eigenvalue weighted by atomic mass is 10.0. The molecule has 0 unspecified atom stereocenters. The Morgan fingerprint density at radius 1 is 1.10 bits per heavy atom. The van der Waals surface area contributed by atoms with Gasteiger partial charge in [0.2, 0.25) is 5.71 Å². The van der Waals surface area contributed by atoms with Gasteiger partial charge in [-0.2, -0.15) is 13.2 Å². The van der Waals surface area contributed by atoms with Crippen LogP contribution in [0.2, 0.25) is 0 Å². The van der Waals surface area contributed by atoms with Crippen LogP contribution in [0.3, 0.4) is 0 Å². The molecule has 158 valence electrons. The third-order valence-corrected chi connectivity index (χ3v) is 4.84. The van der Waals surface area contributed by atoms with Gasteiger partial charge in [-0.3, -0.25) is 9.59 Å². The molecule has 0 radical (unpaired) electrons. The Bertz CT molecular complexity index is 1350. The molecule has 0 atom stereocenters. The standard InChI is InChI=1S/C22H16F3N3O3/c1-12-17(18-20(31-12)26-11-28(2)21(18)30)19(29)27-16-8-6-13(7-9-16)14-4-3-5-15(10-14)22(23,24)25/h3-11H,1-2H3,(H,27,29). The molecule has 1 amide bonds. The number of rotatable bonds is 3. The van der Waals surface area contributed by atoms with Gasteiger partial charge < -0.3 is 14.3 Å². The lowest BCUT2D eigenvalue weighted by Gasteiger charge is -2.10. The van der Waals surface area contributed by atoms with Gasteiger partial charge in [0, 0.05) is 12.7 Å². The average Bonchev–Trinajstić information content (AvgIpc) is 3.07. The number of amides is 1. The topological polar surface area (TPSA) is 77.1 Å². The number of benzene rings is 2. The highest BCUT2D eigenvalue weighted by molar-refractivity contribution is 6.12. The van der Waals surface area contributed by atoms with Crippen LogP contribution in [0.25, 0.3) is 22.2 Å². The molecule has 6 nitrogen and oxygen atoms in total. The first-order valence-electron chi connectivity index (χ1n) is 9.19. The third-order valence-electron chi connectivity index (χ3n) is 4.84. The van der Waals surface area contributed by atoms with Crippen molar-refractivity contribution in [2.75, 3.05) is 5.32 Å². The van der Waals surface area contributed by atoms with Crippen LogP contribution in [-0.4, -0.2) is 15.5 Å². The van der Waals surface area contributed by atoms with E-state index in [4.69, 9.17) is 4.42 Å². The quantitative estimate of drug-likeness (QED) is 0.511. The van der Waals surface area contributed by atoms with Crippen molar-refractivity contribution in [3.8, 4) is 11.1 Å². The molecule has 0 fully saturated rings. The van der Waals surface area contributed by atoms with E-state index in [9.17, 15) is 22.8 Å². The zero-order chi connectivity index (χ0) is 22.3. The number of nitrogens with one attached hydrogen (secondary N) is 1. The third kappa shape index (κ3) is 3.81. The van der Waals surface area contributed by atoms with Crippen molar-refractivity contribution < 1.29 is 22.4 Å². The second-order valence-corrected chi connectivity index (χ2v) is 6.98. The van der Waals surface area contributed by atoms with Crippen molar-refractivity contribution in [2.24, 2.45) is 7.05 Å². The van der Waals surface area contributed by atoms with Gasteiger partial charge in [0.25, 0.3) is 11.5 Å². The minimum Gasteiger partial charge on any atom is -0.442 e. The first kappa shape index (κ1) is 20.4. The first-order valence-corrected chi connectivity index (χ1v) is 9.19. The molecule has 2 heterocycles. The number of fused-ring (bicyclic) bond motifs is 1. The Balaban J connectivity index is 1.62. The van der Waals surface area contributed by atoms with Gasteiger partial charge in [-0.1, -0.05) is 24.3 Å². The van der Waals surface area contributed by atoms with E-state index in [2.05, 4.69) is 10.3 Å². The molecule has 0 bridgehead atoms. The molecule has 31 heavy (non-hydrogen) atoms. The molecule has 2 aromatic carbocycles. The predicted molar refractivity (Wildman–Crippen MR) is 109 cm³/mol. The van der Waals surface area contributed by atoms with Crippen LogP contribution < -0.4 is 10.9 Å². The normalized spacial score (nSPS) is 11.6. The van der Waals surface area contributed by atoms with Crippen LogP contribution >= 0.6 is 0 Å². The fourth-order valence-corrected chi connectivity index (χ4v) is 3.28. The van der Waals surface area contributed by atoms with Crippen LogP contribution in [0.5, 0.6) is 0 Å². The number of hydrogen-bond donors (Lipinski definition) is 1. The number of anilines is 1. The molecular weight excluding hydrogens is 411 g/mol. The fraction of sp³-hybridized carbons (Fsp3) is 0.136. The fourth-order valence-electron chi connectivity index (χ4n) is 3.28. The van der Waals surface area contributed by atoms with E-state index in [0.717, 1.165) is 12.1 Å². The zero-order valence-electron chi connectivity index (χ0n) is 16.4. The smallest absolute Gasteiger partial charge is 0.416 e. The summed E-state index contributed by atoms with van der Waals surface area (Å²) in [4.78, 5) is 29.3. The summed E-state index contributed by atoms with van der Waals surface area (Å²) in [6.07, 6.45) is -3.12. The number of nitrogens with zero attached hydrogens (tertiary/aromatic N) is 2. The molecule has 9 heteroatoms. The Kier molecular flexibility index (Phi) is 4.88. The second kappa shape index (κ2) is 7.42. The number of hydrogen-bond acceptors (Lipinski definition) is 4. The van der Waals surface area contributed by atoms with E-state index >= 15 is 0 Å². The summed E-state index contributed by atoms with van der Waals surface area (Å²) in [7, 11) is 1.52. The molecule has 4 aromatic rings. The van der Waals surface area contributed by atoms with E-state index in [-0.39, 0.29) is 22.4 Å². The number of carbonyl (C=O) groups is 1. The zero-order valence-corrected chi connectivity index (χ0v) is 16.4. The minimum absolute atomic E-state index is 0.0747. The average molecular weight is 427 g/mol. The molecule has 0 saturated heterocycles. The number of halogens is 3. The van der Waals surface area contributed by atoms with Crippen molar-refractivity contribution in [1.29, 1.82) is 0 Å². The number of aryl methyl sites for hydroxylation is 2. The largest absolute Gasteiger partial charge is 0.442 e. The van der Waals surface area contributed by atoms with E-state index in [1.54, 1.807) is 37.3 Å². The van der Waals surface area contributed by atoms with Crippen molar-refractivity contribution in [3.63, 3.8) is 0 Å². The Morgan fingerprint density at radius 3 is 2.48 bits per heavy atom. The van der Waals surface area contributed by atoms with Gasteiger partial charge in [-0.05, 0) is 42.3 Å². The summed E-state index contributed by atoms with van der Waals surface area (Å²) in [6.45, 7) is 1.56. The molecule has 0 aliphatic carbocycles. The maximum absolute atomic E-state index is 12.9. The summed E-state index contributed by atoms with van der Waals surface area (Å²) < 4.78 is 45.5. The maximum Gasteiger partial charge on any atom is 0.416 e. The molecule has 0 spiro atoms. The highest BCUT2D eigenvalue weighted by atomic mass is 19.4. The minimum atomic E-state index is -4.43. The van der Waals surface area contributed by atoms with Crippen LogP contribution in [0.15, 0.2) is 64.1 Å². The lowest BCUT2D eigenvalue weighted by molar-refractivity contribution is -0.137. The Labute approximate surface area is 174 Å². The summed E-state index contributed by atoms with van der Waals surface area (Å²) in [5.74, 6) is -0.294. The van der Waals surface area contributed by atoms with E-state index in [1.165, 1.54) is 24.0 Å². The van der Waals surface area contributed by atoms with Gasteiger partial charge in [-0.15, -0.1) is 0 Å². The summed E-state index contributed by atoms with van der Waals surface area (Å²) in [6, 6.07) is 11.3. The van der Waals surface area contributed by atoms with Crippen molar-refractivity contribution in [2.45, 2.75) is 13.1 Å². The molecule has 2 aromatic heterocycles. The number of carbonyl (C=O) groups excluding carboxylic acids is 1. The summed E-state index contributed by atoms with van der Waals surface area (Å²) in [5.41, 5.74) is 0.393. The highest BCUT2D eigenvalue weighted by Crippen LogP contribution is 2.32. The van der Waals surface area contributed by atoms with E-state index in [1.807, 2.05) is 0 Å². The molecule has 1 N–H and O–H groups in total. The monoisotopic (exact) mass is 427 g/mol. The predicted octanol–water partition coefficient (Wildman–Crippen LogP) is 4.77. The molecule has 0 saturated carbocycles. The van der Waals surface area contributed by atoms with Crippen LogP contribution in [0, 0.1) is 6.92 Å². The van der Waals surface area contributed by atoms with Gasteiger partial charge in [0.05, 0.1) is 11.1 Å². The van der Waals surface area contributed by atoms with Crippen molar-refractivity contribution in [1.82, 2.24) is 9.55 Å². The molecule has 4 rings (SSSR count). The van der Waals surface area contributed by atoms with Gasteiger partial charge in [0.15, 0.2) is 0 Å². The first-order chi connectivity index (χ1) is 14.6. The number of alkyl halides is 3. The van der Waals surface area contributed by atoms with Crippen molar-refractivity contribution >= 4 is 22.7 Å². The highest BCUT2D eigenvalue weighted by Gasteiger charge is 2.30. The van der Waals surface area contributed by atoms with Crippen LogP contribution in [0.4, 0.5) is 18.9 Å². The molecule has 0 aliphatic rings. The van der Waals surface area contributed by atoms with Crippen LogP contribution in [-0.2, 0) is 13.2 Å². The molecule has 0 aliphatic heterocycles. The summed E-state index contributed by atoms with van der Waals surface area (Å²) in [5, 5.41) is 2.77. The van der Waals surface area contributed by atoms with Gasteiger partial charge >= 0.3 is 6.18 Å². The number of furan rings is 1. The lowest BCUT2D eigenvalue weighted by Crippen LogP contribution is -2.20. The van der Waals surface area contributed by atoms with E-state index < -0.39 is 23.2 Å². The van der Waals surface area contributed by atoms with E-state index in [0.29, 0.717) is 16.8 Å². The second-order valence-electron chi connectivity index (χ2n) is 6.98. The number of aromatic nitrogens is 2. The van der Waals surface area contributed by atoms with Gasteiger partial charge in [-0.25, -0.2) is 4.98 Å². The maximum atomic E-state index is 12.9. The van der Waals surface area contributed by atoms with Crippen LogP contribution in [0.1, 0.15) is 21.7 Å². The SMILES string of the molecule is Cc1oc2ncn(C)c(=O)c2c1C(=O)Nc1ccc(-c2cccc(C(F)(F)F)c2)cc1. The Hall–Kier alpha value is -3.88. The Morgan fingerprint density at radius 2 is 1.81 bits per heavy atom. The summed E-state index contributed by atoms with van der Waals surface area (Å²) >= 11 is 0. The molecular formula is C22H16F3N3O3. The van der Waals surface area contributed by atoms with Crippen molar-refractivity contribution in [3.05, 3.63) is 82.1 Å².